The molecule has 0 saturated heterocycles. The van der Waals surface area contributed by atoms with E-state index in [1.807, 2.05) is 32.0 Å². The third-order valence-corrected chi connectivity index (χ3v) is 2.30. The van der Waals surface area contributed by atoms with Crippen LogP contribution >= 0.6 is 15.9 Å². The highest BCUT2D eigenvalue weighted by atomic mass is 79.9. The Balaban J connectivity index is 2.56. The van der Waals surface area contributed by atoms with Gasteiger partial charge in [0.1, 0.15) is 5.75 Å². The quantitative estimate of drug-likeness (QED) is 0.591. The van der Waals surface area contributed by atoms with E-state index in [4.69, 9.17) is 4.74 Å². The molecule has 0 saturated carbocycles. The zero-order valence-corrected chi connectivity index (χ0v) is 10.0. The topological polar surface area (TPSA) is 9.23 Å². The van der Waals surface area contributed by atoms with Gasteiger partial charge in [-0.1, -0.05) is 22.0 Å². The molecule has 0 aliphatic heterocycles. The van der Waals surface area contributed by atoms with Gasteiger partial charge in [-0.2, -0.15) is 0 Å². The summed E-state index contributed by atoms with van der Waals surface area (Å²) in [4.78, 5) is 0. The van der Waals surface area contributed by atoms with Crippen molar-refractivity contribution < 1.29 is 4.74 Å². The summed E-state index contributed by atoms with van der Waals surface area (Å²) >= 11 is 3.41. The van der Waals surface area contributed by atoms with E-state index >= 15 is 0 Å². The lowest BCUT2D eigenvalue weighted by molar-refractivity contribution is 0.325. The van der Waals surface area contributed by atoms with Gasteiger partial charge in [0.05, 0.1) is 6.61 Å². The maximum atomic E-state index is 5.59. The Morgan fingerprint density at radius 1 is 1.43 bits per heavy atom. The Morgan fingerprint density at radius 2 is 2.21 bits per heavy atom. The highest BCUT2D eigenvalue weighted by Gasteiger charge is 1.98. The van der Waals surface area contributed by atoms with Gasteiger partial charge in [0.25, 0.3) is 0 Å². The van der Waals surface area contributed by atoms with Crippen molar-refractivity contribution in [2.24, 2.45) is 0 Å². The van der Waals surface area contributed by atoms with E-state index in [2.05, 4.69) is 27.8 Å². The third-order valence-electron chi connectivity index (χ3n) is 1.81. The second-order valence-corrected chi connectivity index (χ2v) is 3.85. The van der Waals surface area contributed by atoms with Crippen LogP contribution in [0.4, 0.5) is 0 Å². The Labute approximate surface area is 93.6 Å². The zero-order valence-electron chi connectivity index (χ0n) is 8.43. The highest BCUT2D eigenvalue weighted by Crippen LogP contribution is 2.22. The summed E-state index contributed by atoms with van der Waals surface area (Å²) in [6.07, 6.45) is 0.780. The average Bonchev–Trinajstić information content (AvgIpc) is 2.18. The highest BCUT2D eigenvalue weighted by molar-refractivity contribution is 9.10. The van der Waals surface area contributed by atoms with Crippen LogP contribution in [-0.2, 0) is 0 Å². The number of benzene rings is 1. The molecule has 0 N–H and O–H groups in total. The molecule has 0 heterocycles. The van der Waals surface area contributed by atoms with E-state index in [0.717, 1.165) is 22.2 Å². The molecule has 0 amide bonds. The zero-order chi connectivity index (χ0) is 10.4. The Hall–Kier alpha value is -0.940. The molecule has 0 aliphatic carbocycles. The second-order valence-electron chi connectivity index (χ2n) is 2.94. The van der Waals surface area contributed by atoms with Crippen molar-refractivity contribution in [3.05, 3.63) is 28.2 Å². The summed E-state index contributed by atoms with van der Waals surface area (Å²) in [6.45, 7) is 4.52. The molecule has 0 radical (unpaired) electrons. The lowest BCUT2D eigenvalue weighted by atomic mass is 10.2. The molecule has 2 heteroatoms. The van der Waals surface area contributed by atoms with Crippen LogP contribution in [0.2, 0.25) is 0 Å². The standard InChI is InChI=1S/C12H13BrO/c1-3-4-5-8-14-12-9-11(13)7-6-10(12)2/h6-7,9H,5,8H2,1-2H3. The summed E-state index contributed by atoms with van der Waals surface area (Å²) < 4.78 is 6.63. The SMILES string of the molecule is CC#CCCOc1cc(Br)ccc1C. The van der Waals surface area contributed by atoms with Crippen LogP contribution < -0.4 is 4.74 Å². The van der Waals surface area contributed by atoms with Crippen LogP contribution in [0, 0.1) is 18.8 Å². The molecule has 1 aromatic carbocycles. The molecule has 1 aromatic rings. The Bertz CT molecular complexity index is 360. The molecule has 0 unspecified atom stereocenters. The lowest BCUT2D eigenvalue weighted by Gasteiger charge is -2.07. The molecule has 0 bridgehead atoms. The van der Waals surface area contributed by atoms with E-state index < -0.39 is 0 Å². The number of hydrogen-bond donors (Lipinski definition) is 0. The van der Waals surface area contributed by atoms with Crippen molar-refractivity contribution >= 4 is 15.9 Å². The molecule has 0 aromatic heterocycles. The molecule has 1 nitrogen and oxygen atoms in total. The molecule has 1 rings (SSSR count). The minimum absolute atomic E-state index is 0.651. The van der Waals surface area contributed by atoms with Crippen LogP contribution in [0.1, 0.15) is 18.9 Å². The van der Waals surface area contributed by atoms with Gasteiger partial charge < -0.3 is 4.74 Å². The van der Waals surface area contributed by atoms with Gasteiger partial charge in [0.15, 0.2) is 0 Å². The van der Waals surface area contributed by atoms with Crippen LogP contribution in [0.3, 0.4) is 0 Å². The van der Waals surface area contributed by atoms with Gasteiger partial charge in [-0.05, 0) is 31.5 Å². The first kappa shape index (κ1) is 11.1. The van der Waals surface area contributed by atoms with E-state index in [0.29, 0.717) is 6.61 Å². The first-order valence-electron chi connectivity index (χ1n) is 4.52. The van der Waals surface area contributed by atoms with Crippen molar-refractivity contribution in [3.8, 4) is 17.6 Å². The predicted molar refractivity (Wildman–Crippen MR) is 62.4 cm³/mol. The maximum Gasteiger partial charge on any atom is 0.123 e. The van der Waals surface area contributed by atoms with Gasteiger partial charge in [-0.25, -0.2) is 0 Å². The smallest absolute Gasteiger partial charge is 0.123 e. The molecular weight excluding hydrogens is 240 g/mol. The van der Waals surface area contributed by atoms with E-state index in [1.165, 1.54) is 0 Å². The van der Waals surface area contributed by atoms with Gasteiger partial charge in [-0.3, -0.25) is 0 Å². The molecule has 14 heavy (non-hydrogen) atoms. The van der Waals surface area contributed by atoms with Crippen molar-refractivity contribution in [3.63, 3.8) is 0 Å². The summed E-state index contributed by atoms with van der Waals surface area (Å²) in [6, 6.07) is 6.02. The van der Waals surface area contributed by atoms with Crippen LogP contribution in [0.25, 0.3) is 0 Å². The van der Waals surface area contributed by atoms with E-state index in [9.17, 15) is 0 Å². The minimum Gasteiger partial charge on any atom is -0.492 e. The third kappa shape index (κ3) is 3.43. The average molecular weight is 253 g/mol. The number of hydrogen-bond acceptors (Lipinski definition) is 1. The fraction of sp³-hybridized carbons (Fsp3) is 0.333. The van der Waals surface area contributed by atoms with E-state index in [1.54, 1.807) is 0 Å². The number of halogens is 1. The fourth-order valence-corrected chi connectivity index (χ4v) is 1.41. The van der Waals surface area contributed by atoms with Crippen molar-refractivity contribution in [2.75, 3.05) is 6.61 Å². The first-order valence-corrected chi connectivity index (χ1v) is 5.32. The largest absolute Gasteiger partial charge is 0.492 e. The fourth-order valence-electron chi connectivity index (χ4n) is 1.07. The molecule has 0 fully saturated rings. The van der Waals surface area contributed by atoms with Crippen LogP contribution in [0.5, 0.6) is 5.75 Å². The molecule has 0 spiro atoms. The number of ether oxygens (including phenoxy) is 1. The molecule has 74 valence electrons. The van der Waals surface area contributed by atoms with Gasteiger partial charge in [-0.15, -0.1) is 11.8 Å². The predicted octanol–water partition coefficient (Wildman–Crippen LogP) is 3.55. The number of aryl methyl sites for hydroxylation is 1. The summed E-state index contributed by atoms with van der Waals surface area (Å²) in [5.41, 5.74) is 1.15. The Morgan fingerprint density at radius 3 is 2.93 bits per heavy atom. The van der Waals surface area contributed by atoms with Gasteiger partial charge in [0.2, 0.25) is 0 Å². The van der Waals surface area contributed by atoms with Gasteiger partial charge in [0, 0.05) is 10.9 Å². The number of rotatable bonds is 3. The van der Waals surface area contributed by atoms with Crippen molar-refractivity contribution in [1.29, 1.82) is 0 Å². The maximum absolute atomic E-state index is 5.59. The second kappa shape index (κ2) is 5.72. The van der Waals surface area contributed by atoms with Crippen molar-refractivity contribution in [1.82, 2.24) is 0 Å². The first-order chi connectivity index (χ1) is 6.74. The monoisotopic (exact) mass is 252 g/mol. The molecule has 0 atom stereocenters. The van der Waals surface area contributed by atoms with Crippen molar-refractivity contribution in [2.45, 2.75) is 20.3 Å². The molecule has 0 aliphatic rings. The summed E-state index contributed by atoms with van der Waals surface area (Å²) in [5, 5.41) is 0. The molecular formula is C12H13BrO. The van der Waals surface area contributed by atoms with Gasteiger partial charge >= 0.3 is 0 Å². The normalized spacial score (nSPS) is 9.07. The Kier molecular flexibility index (Phi) is 4.55. The summed E-state index contributed by atoms with van der Waals surface area (Å²) in [5.74, 6) is 6.73. The van der Waals surface area contributed by atoms with Crippen LogP contribution in [-0.4, -0.2) is 6.61 Å². The summed E-state index contributed by atoms with van der Waals surface area (Å²) in [7, 11) is 0. The minimum atomic E-state index is 0.651. The lowest BCUT2D eigenvalue weighted by Crippen LogP contribution is -1.97. The van der Waals surface area contributed by atoms with Crippen LogP contribution in [0.15, 0.2) is 22.7 Å². The van der Waals surface area contributed by atoms with E-state index in [-0.39, 0.29) is 0 Å².